The maximum Gasteiger partial charge on any atom is 0.146 e. The van der Waals surface area contributed by atoms with Crippen LogP contribution in [0, 0.1) is 5.82 Å². The molecule has 2 nitrogen and oxygen atoms in total. The van der Waals surface area contributed by atoms with Gasteiger partial charge in [-0.3, -0.25) is 4.90 Å². The number of hydrogen-bond acceptors (Lipinski definition) is 2. The summed E-state index contributed by atoms with van der Waals surface area (Å²) in [6.07, 6.45) is 4.99. The monoisotopic (exact) mass is 282 g/mol. The van der Waals surface area contributed by atoms with Gasteiger partial charge in [0, 0.05) is 30.7 Å². The third-order valence-corrected chi connectivity index (χ3v) is 4.38. The van der Waals surface area contributed by atoms with Gasteiger partial charge in [0.2, 0.25) is 0 Å². The van der Waals surface area contributed by atoms with E-state index in [2.05, 4.69) is 10.2 Å². The van der Waals surface area contributed by atoms with E-state index in [1.54, 1.807) is 6.07 Å². The minimum absolute atomic E-state index is 0.229. The molecule has 2 aliphatic rings. The molecule has 0 amide bonds. The lowest BCUT2D eigenvalue weighted by Gasteiger charge is -2.25. The highest BCUT2D eigenvalue weighted by Crippen LogP contribution is 2.30. The minimum atomic E-state index is -0.255. The number of nitrogens with zero attached hydrogens (tertiary/aromatic N) is 1. The van der Waals surface area contributed by atoms with Crippen LogP contribution in [-0.4, -0.2) is 30.1 Å². The van der Waals surface area contributed by atoms with Crippen LogP contribution in [0.4, 0.5) is 4.39 Å². The molecule has 1 aliphatic heterocycles. The molecule has 1 saturated carbocycles. The maximum absolute atomic E-state index is 14.0. The van der Waals surface area contributed by atoms with Crippen LogP contribution in [0.1, 0.15) is 31.2 Å². The van der Waals surface area contributed by atoms with Gasteiger partial charge in [-0.15, -0.1) is 0 Å². The van der Waals surface area contributed by atoms with Crippen LogP contribution in [0.5, 0.6) is 0 Å². The first-order valence-electron chi connectivity index (χ1n) is 7.14. The van der Waals surface area contributed by atoms with Crippen molar-refractivity contribution in [1.29, 1.82) is 0 Å². The predicted octanol–water partition coefficient (Wildman–Crippen LogP) is 3.20. The van der Waals surface area contributed by atoms with Gasteiger partial charge in [0.05, 0.1) is 5.02 Å². The lowest BCUT2D eigenvalue weighted by atomic mass is 10.1. The number of hydrogen-bond donors (Lipinski definition) is 1. The fourth-order valence-electron chi connectivity index (χ4n) is 2.87. The lowest BCUT2D eigenvalue weighted by Crippen LogP contribution is -2.38. The first-order chi connectivity index (χ1) is 9.24. The first-order valence-corrected chi connectivity index (χ1v) is 7.52. The van der Waals surface area contributed by atoms with E-state index < -0.39 is 0 Å². The topological polar surface area (TPSA) is 15.3 Å². The Labute approximate surface area is 118 Å². The van der Waals surface area contributed by atoms with Crippen molar-refractivity contribution in [1.82, 2.24) is 10.2 Å². The van der Waals surface area contributed by atoms with Crippen molar-refractivity contribution < 1.29 is 4.39 Å². The first kappa shape index (κ1) is 13.3. The van der Waals surface area contributed by atoms with Crippen molar-refractivity contribution in [2.24, 2.45) is 0 Å². The van der Waals surface area contributed by atoms with Crippen LogP contribution in [0.2, 0.25) is 5.02 Å². The van der Waals surface area contributed by atoms with Crippen molar-refractivity contribution in [3.63, 3.8) is 0 Å². The molecule has 1 aliphatic carbocycles. The standard InChI is InChI=1S/C15H20ClFN2/c16-14-5-1-3-11(15(14)17)9-19(13-6-7-13)10-12-4-2-8-18-12/h1,3,5,12-13,18H,2,4,6-10H2. The highest BCUT2D eigenvalue weighted by atomic mass is 35.5. The Morgan fingerprint density at radius 1 is 1.32 bits per heavy atom. The Morgan fingerprint density at radius 2 is 2.16 bits per heavy atom. The summed E-state index contributed by atoms with van der Waals surface area (Å²) in [5, 5.41) is 3.75. The summed E-state index contributed by atoms with van der Waals surface area (Å²) in [5.74, 6) is -0.255. The van der Waals surface area contributed by atoms with E-state index in [9.17, 15) is 4.39 Å². The number of rotatable bonds is 5. The molecule has 1 heterocycles. The van der Waals surface area contributed by atoms with Gasteiger partial charge in [-0.25, -0.2) is 4.39 Å². The zero-order valence-corrected chi connectivity index (χ0v) is 11.8. The molecule has 1 saturated heterocycles. The molecule has 0 spiro atoms. The molecule has 1 unspecified atom stereocenters. The molecule has 2 fully saturated rings. The van der Waals surface area contributed by atoms with Gasteiger partial charge in [-0.1, -0.05) is 23.7 Å². The average Bonchev–Trinajstić information content (AvgIpc) is 3.13. The third-order valence-electron chi connectivity index (χ3n) is 4.09. The Bertz CT molecular complexity index is 442. The summed E-state index contributed by atoms with van der Waals surface area (Å²) in [6.45, 7) is 2.82. The summed E-state index contributed by atoms with van der Waals surface area (Å²) >= 11 is 5.86. The average molecular weight is 283 g/mol. The van der Waals surface area contributed by atoms with E-state index in [0.717, 1.165) is 18.7 Å². The number of nitrogens with one attached hydrogen (secondary N) is 1. The quantitative estimate of drug-likeness (QED) is 0.892. The SMILES string of the molecule is Fc1c(Cl)cccc1CN(CC1CCCN1)C1CC1. The Balaban J connectivity index is 1.68. The van der Waals surface area contributed by atoms with Gasteiger partial charge in [0.1, 0.15) is 5.82 Å². The van der Waals surface area contributed by atoms with E-state index >= 15 is 0 Å². The molecule has 1 N–H and O–H groups in total. The van der Waals surface area contributed by atoms with Crippen molar-refractivity contribution in [3.8, 4) is 0 Å². The molecule has 4 heteroatoms. The molecular formula is C15H20ClFN2. The smallest absolute Gasteiger partial charge is 0.146 e. The van der Waals surface area contributed by atoms with Gasteiger partial charge in [-0.2, -0.15) is 0 Å². The molecule has 1 aromatic rings. The lowest BCUT2D eigenvalue weighted by molar-refractivity contribution is 0.228. The van der Waals surface area contributed by atoms with Crippen molar-refractivity contribution in [3.05, 3.63) is 34.6 Å². The second kappa shape index (κ2) is 5.78. The summed E-state index contributed by atoms with van der Waals surface area (Å²) in [4.78, 5) is 2.41. The van der Waals surface area contributed by atoms with Crippen LogP contribution in [-0.2, 0) is 6.54 Å². The van der Waals surface area contributed by atoms with E-state index in [1.165, 1.54) is 25.7 Å². The zero-order valence-electron chi connectivity index (χ0n) is 11.0. The maximum atomic E-state index is 14.0. The van der Waals surface area contributed by atoms with Gasteiger partial charge in [0.25, 0.3) is 0 Å². The van der Waals surface area contributed by atoms with Crippen molar-refractivity contribution >= 4 is 11.6 Å². The van der Waals surface area contributed by atoms with Crippen LogP contribution in [0.15, 0.2) is 18.2 Å². The zero-order chi connectivity index (χ0) is 13.2. The number of benzene rings is 1. The van der Waals surface area contributed by atoms with Crippen molar-refractivity contribution in [2.45, 2.75) is 44.3 Å². The van der Waals surface area contributed by atoms with Crippen molar-refractivity contribution in [2.75, 3.05) is 13.1 Å². The van der Waals surface area contributed by atoms with Gasteiger partial charge in [-0.05, 0) is 38.3 Å². The second-order valence-electron chi connectivity index (χ2n) is 5.67. The fourth-order valence-corrected chi connectivity index (χ4v) is 3.06. The Hall–Kier alpha value is -0.640. The molecular weight excluding hydrogens is 263 g/mol. The normalized spacial score (nSPS) is 23.2. The molecule has 104 valence electrons. The van der Waals surface area contributed by atoms with E-state index in [0.29, 0.717) is 18.6 Å². The molecule has 0 radical (unpaired) electrons. The third kappa shape index (κ3) is 3.28. The molecule has 0 aromatic heterocycles. The number of halogens is 2. The minimum Gasteiger partial charge on any atom is -0.313 e. The van der Waals surface area contributed by atoms with Crippen LogP contribution in [0.3, 0.4) is 0 Å². The predicted molar refractivity (Wildman–Crippen MR) is 75.9 cm³/mol. The summed E-state index contributed by atoms with van der Waals surface area (Å²) in [5.41, 5.74) is 0.720. The van der Waals surface area contributed by atoms with E-state index in [-0.39, 0.29) is 10.8 Å². The molecule has 1 aromatic carbocycles. The van der Waals surface area contributed by atoms with Gasteiger partial charge in [0.15, 0.2) is 0 Å². The van der Waals surface area contributed by atoms with Crippen LogP contribution < -0.4 is 5.32 Å². The Kier molecular flexibility index (Phi) is 4.06. The highest BCUT2D eigenvalue weighted by Gasteiger charge is 2.31. The van der Waals surface area contributed by atoms with E-state index in [4.69, 9.17) is 11.6 Å². The van der Waals surface area contributed by atoms with Gasteiger partial charge < -0.3 is 5.32 Å². The van der Waals surface area contributed by atoms with Crippen LogP contribution >= 0.6 is 11.6 Å². The van der Waals surface area contributed by atoms with Crippen LogP contribution in [0.25, 0.3) is 0 Å². The summed E-state index contributed by atoms with van der Waals surface area (Å²) < 4.78 is 14.0. The molecule has 3 rings (SSSR count). The fraction of sp³-hybridized carbons (Fsp3) is 0.600. The summed E-state index contributed by atoms with van der Waals surface area (Å²) in [6, 6.07) is 6.50. The molecule has 1 atom stereocenters. The largest absolute Gasteiger partial charge is 0.313 e. The second-order valence-corrected chi connectivity index (χ2v) is 6.07. The Morgan fingerprint density at radius 3 is 2.84 bits per heavy atom. The van der Waals surface area contributed by atoms with Gasteiger partial charge >= 0.3 is 0 Å². The molecule has 19 heavy (non-hydrogen) atoms. The summed E-state index contributed by atoms with van der Waals surface area (Å²) in [7, 11) is 0. The van der Waals surface area contributed by atoms with E-state index in [1.807, 2.05) is 12.1 Å². The molecule has 0 bridgehead atoms. The highest BCUT2D eigenvalue weighted by molar-refractivity contribution is 6.30.